The number of hydrogen-bond donors (Lipinski definition) is 1. The summed E-state index contributed by atoms with van der Waals surface area (Å²) < 4.78 is 0. The van der Waals surface area contributed by atoms with Crippen molar-refractivity contribution in [3.63, 3.8) is 0 Å². The largest absolute Gasteiger partial charge is 0.383 e. The minimum absolute atomic E-state index is 0.209. The zero-order chi connectivity index (χ0) is 11.7. The summed E-state index contributed by atoms with van der Waals surface area (Å²) in [5, 5.41) is 3.34. The normalized spacial score (nSPS) is 15.4. The number of nitrogens with one attached hydrogen (secondary N) is 1. The molecule has 0 atom stereocenters. The second-order valence-electron chi connectivity index (χ2n) is 4.29. The fourth-order valence-electron chi connectivity index (χ4n) is 2.35. The predicted molar refractivity (Wildman–Crippen MR) is 67.0 cm³/mol. The zero-order valence-electron chi connectivity index (χ0n) is 10.1. The van der Waals surface area contributed by atoms with E-state index >= 15 is 0 Å². The van der Waals surface area contributed by atoms with Crippen LogP contribution >= 0.6 is 0 Å². The van der Waals surface area contributed by atoms with E-state index in [9.17, 15) is 4.79 Å². The van der Waals surface area contributed by atoms with Crippen molar-refractivity contribution in [2.45, 2.75) is 27.2 Å². The highest BCUT2D eigenvalue weighted by Gasteiger charge is 2.22. The maximum atomic E-state index is 11.9. The van der Waals surface area contributed by atoms with E-state index in [1.807, 2.05) is 11.8 Å². The van der Waals surface area contributed by atoms with Crippen molar-refractivity contribution < 1.29 is 4.79 Å². The molecule has 3 nitrogen and oxygen atoms in total. The minimum atomic E-state index is 0.209. The molecule has 3 heteroatoms. The molecule has 86 valence electrons. The maximum Gasteiger partial charge on any atom is 0.228 e. The first-order chi connectivity index (χ1) is 7.63. The van der Waals surface area contributed by atoms with E-state index in [4.69, 9.17) is 0 Å². The van der Waals surface area contributed by atoms with Crippen molar-refractivity contribution in [2.24, 2.45) is 0 Å². The molecule has 2 rings (SSSR count). The molecule has 0 aliphatic carbocycles. The Morgan fingerprint density at radius 2 is 2.12 bits per heavy atom. The summed E-state index contributed by atoms with van der Waals surface area (Å²) in [4.78, 5) is 13.8. The molecule has 0 unspecified atom stereocenters. The Kier molecular flexibility index (Phi) is 2.86. The molecule has 0 bridgehead atoms. The van der Waals surface area contributed by atoms with Crippen LogP contribution in [0.25, 0.3) is 0 Å². The number of rotatable bonds is 1. The molecule has 1 aliphatic rings. The van der Waals surface area contributed by atoms with Crippen LogP contribution in [0.5, 0.6) is 0 Å². The summed E-state index contributed by atoms with van der Waals surface area (Å²) in [7, 11) is 0. The Morgan fingerprint density at radius 3 is 2.81 bits per heavy atom. The number of fused-ring (bicyclic) bond motifs is 1. The molecule has 0 spiro atoms. The summed E-state index contributed by atoms with van der Waals surface area (Å²) in [6.07, 6.45) is 0.570. The first kappa shape index (κ1) is 11.0. The smallest absolute Gasteiger partial charge is 0.228 e. The van der Waals surface area contributed by atoms with E-state index in [0.717, 1.165) is 24.5 Å². The van der Waals surface area contributed by atoms with Gasteiger partial charge in [0.05, 0.1) is 11.4 Å². The Labute approximate surface area is 96.5 Å². The second-order valence-corrected chi connectivity index (χ2v) is 4.29. The van der Waals surface area contributed by atoms with Gasteiger partial charge in [-0.2, -0.15) is 0 Å². The fourth-order valence-corrected chi connectivity index (χ4v) is 2.35. The van der Waals surface area contributed by atoms with Crippen LogP contribution in [0.1, 0.15) is 24.5 Å². The lowest BCUT2D eigenvalue weighted by molar-refractivity contribution is -0.118. The van der Waals surface area contributed by atoms with E-state index in [-0.39, 0.29) is 5.91 Å². The Bertz CT molecular complexity index is 426. The van der Waals surface area contributed by atoms with Crippen molar-refractivity contribution in [1.29, 1.82) is 0 Å². The number of amides is 1. The average molecular weight is 218 g/mol. The third-order valence-corrected chi connectivity index (χ3v) is 2.99. The van der Waals surface area contributed by atoms with Crippen molar-refractivity contribution in [2.75, 3.05) is 23.3 Å². The summed E-state index contributed by atoms with van der Waals surface area (Å²) in [6, 6.07) is 4.24. The van der Waals surface area contributed by atoms with Crippen LogP contribution in [-0.4, -0.2) is 19.0 Å². The maximum absolute atomic E-state index is 11.9. The van der Waals surface area contributed by atoms with Crippen LogP contribution in [0.3, 0.4) is 0 Å². The number of anilines is 2. The molecule has 1 amide bonds. The minimum Gasteiger partial charge on any atom is -0.383 e. The van der Waals surface area contributed by atoms with E-state index < -0.39 is 0 Å². The monoisotopic (exact) mass is 218 g/mol. The molecular formula is C13H18N2O. The van der Waals surface area contributed by atoms with Crippen molar-refractivity contribution in [3.05, 3.63) is 23.3 Å². The lowest BCUT2D eigenvalue weighted by atomic mass is 10.1. The van der Waals surface area contributed by atoms with Gasteiger partial charge < -0.3 is 10.2 Å². The quantitative estimate of drug-likeness (QED) is 0.785. The highest BCUT2D eigenvalue weighted by atomic mass is 16.2. The molecule has 1 aromatic carbocycles. The van der Waals surface area contributed by atoms with Crippen LogP contribution < -0.4 is 10.2 Å². The van der Waals surface area contributed by atoms with Crippen LogP contribution in [0, 0.1) is 13.8 Å². The molecule has 16 heavy (non-hydrogen) atoms. The molecule has 1 heterocycles. The standard InChI is InChI=1S/C13H18N2O/c1-4-15-12(16)5-6-14-11-8-9(2)7-10(3)13(11)15/h7-8,14H,4-6H2,1-3H3. The number of nitrogens with zero attached hydrogens (tertiary/aromatic N) is 1. The van der Waals surface area contributed by atoms with E-state index in [1.54, 1.807) is 0 Å². The van der Waals surface area contributed by atoms with E-state index in [2.05, 4.69) is 31.3 Å². The van der Waals surface area contributed by atoms with Gasteiger partial charge in [0.2, 0.25) is 5.91 Å². The first-order valence-electron chi connectivity index (χ1n) is 5.79. The van der Waals surface area contributed by atoms with Crippen LogP contribution in [0.15, 0.2) is 12.1 Å². The third kappa shape index (κ3) is 1.77. The molecule has 1 aliphatic heterocycles. The van der Waals surface area contributed by atoms with Crippen LogP contribution in [-0.2, 0) is 4.79 Å². The number of carbonyl (C=O) groups excluding carboxylic acids is 1. The number of benzene rings is 1. The zero-order valence-corrected chi connectivity index (χ0v) is 10.1. The molecule has 0 fully saturated rings. The lowest BCUT2D eigenvalue weighted by Crippen LogP contribution is -2.30. The van der Waals surface area contributed by atoms with Gasteiger partial charge in [-0.3, -0.25) is 4.79 Å². The molecule has 0 aromatic heterocycles. The Hall–Kier alpha value is -1.51. The van der Waals surface area contributed by atoms with Gasteiger partial charge in [0.1, 0.15) is 0 Å². The van der Waals surface area contributed by atoms with Crippen LogP contribution in [0.4, 0.5) is 11.4 Å². The van der Waals surface area contributed by atoms with Crippen LogP contribution in [0.2, 0.25) is 0 Å². The molecule has 0 saturated carbocycles. The van der Waals surface area contributed by atoms with Crippen molar-refractivity contribution in [1.82, 2.24) is 0 Å². The van der Waals surface area contributed by atoms with E-state index in [1.165, 1.54) is 11.1 Å². The highest BCUT2D eigenvalue weighted by molar-refractivity contribution is 5.99. The fraction of sp³-hybridized carbons (Fsp3) is 0.462. The van der Waals surface area contributed by atoms with Gasteiger partial charge in [-0.1, -0.05) is 6.07 Å². The molecule has 1 N–H and O–H groups in total. The average Bonchev–Trinajstić information content (AvgIpc) is 2.36. The summed E-state index contributed by atoms with van der Waals surface area (Å²) in [5.74, 6) is 0.209. The van der Waals surface area contributed by atoms with Gasteiger partial charge in [-0.05, 0) is 38.0 Å². The first-order valence-corrected chi connectivity index (χ1v) is 5.79. The van der Waals surface area contributed by atoms with Gasteiger partial charge in [0.25, 0.3) is 0 Å². The van der Waals surface area contributed by atoms with E-state index in [0.29, 0.717) is 6.42 Å². The topological polar surface area (TPSA) is 32.3 Å². The number of hydrogen-bond acceptors (Lipinski definition) is 2. The molecular weight excluding hydrogens is 200 g/mol. The summed E-state index contributed by atoms with van der Waals surface area (Å²) >= 11 is 0. The highest BCUT2D eigenvalue weighted by Crippen LogP contribution is 2.33. The SMILES string of the molecule is CCN1C(=O)CCNc2cc(C)cc(C)c21. The summed E-state index contributed by atoms with van der Waals surface area (Å²) in [5.41, 5.74) is 4.54. The molecule has 1 aromatic rings. The van der Waals surface area contributed by atoms with Gasteiger partial charge in [0.15, 0.2) is 0 Å². The third-order valence-electron chi connectivity index (χ3n) is 2.99. The molecule has 0 radical (unpaired) electrons. The number of carbonyl (C=O) groups is 1. The van der Waals surface area contributed by atoms with Gasteiger partial charge in [-0.15, -0.1) is 0 Å². The lowest BCUT2D eigenvalue weighted by Gasteiger charge is -2.23. The Balaban J connectivity index is 2.58. The second kappa shape index (κ2) is 4.16. The van der Waals surface area contributed by atoms with Crippen molar-refractivity contribution in [3.8, 4) is 0 Å². The van der Waals surface area contributed by atoms with Crippen molar-refractivity contribution >= 4 is 17.3 Å². The van der Waals surface area contributed by atoms with Gasteiger partial charge in [-0.25, -0.2) is 0 Å². The molecule has 0 saturated heterocycles. The van der Waals surface area contributed by atoms with Gasteiger partial charge in [0, 0.05) is 19.5 Å². The summed E-state index contributed by atoms with van der Waals surface area (Å²) in [6.45, 7) is 7.63. The Morgan fingerprint density at radius 1 is 1.38 bits per heavy atom. The van der Waals surface area contributed by atoms with Gasteiger partial charge >= 0.3 is 0 Å². The number of aryl methyl sites for hydroxylation is 2. The predicted octanol–water partition coefficient (Wildman–Crippen LogP) is 2.47.